The first-order valence-electron chi connectivity index (χ1n) is 7.84. The van der Waals surface area contributed by atoms with E-state index in [1.54, 1.807) is 11.3 Å². The standard InChI is InChI=1S/C19H16ClNO2S/c20-14-5-3-4-13(10-14)17-11-23-9-8-21(17)19(22)16-12-24-18-7-2-1-6-15(16)18/h1-7,10,12,17H,8-9,11H2. The van der Waals surface area contributed by atoms with E-state index in [0.717, 1.165) is 21.2 Å². The molecule has 0 aliphatic carbocycles. The number of carbonyl (C=O) groups is 1. The average molecular weight is 358 g/mol. The summed E-state index contributed by atoms with van der Waals surface area (Å²) in [5.41, 5.74) is 1.78. The Hall–Kier alpha value is -1.88. The second kappa shape index (κ2) is 6.55. The van der Waals surface area contributed by atoms with E-state index in [1.165, 1.54) is 0 Å². The van der Waals surface area contributed by atoms with E-state index in [2.05, 4.69) is 0 Å². The Kier molecular flexibility index (Phi) is 4.27. The molecule has 3 nitrogen and oxygen atoms in total. The number of halogens is 1. The zero-order valence-corrected chi connectivity index (χ0v) is 14.5. The molecule has 24 heavy (non-hydrogen) atoms. The summed E-state index contributed by atoms with van der Waals surface area (Å²) in [7, 11) is 0. The van der Waals surface area contributed by atoms with Gasteiger partial charge >= 0.3 is 0 Å². The molecule has 3 aromatic rings. The minimum Gasteiger partial charge on any atom is -0.377 e. The van der Waals surface area contributed by atoms with Crippen molar-refractivity contribution in [2.24, 2.45) is 0 Å². The highest BCUT2D eigenvalue weighted by atomic mass is 35.5. The summed E-state index contributed by atoms with van der Waals surface area (Å²) in [6.07, 6.45) is 0. The van der Waals surface area contributed by atoms with Crippen molar-refractivity contribution in [3.8, 4) is 0 Å². The summed E-state index contributed by atoms with van der Waals surface area (Å²) < 4.78 is 6.76. The highest BCUT2D eigenvalue weighted by molar-refractivity contribution is 7.17. The van der Waals surface area contributed by atoms with Crippen LogP contribution in [0.4, 0.5) is 0 Å². The van der Waals surface area contributed by atoms with Crippen LogP contribution in [0.15, 0.2) is 53.9 Å². The van der Waals surface area contributed by atoms with E-state index in [9.17, 15) is 4.79 Å². The topological polar surface area (TPSA) is 29.5 Å². The molecular weight excluding hydrogens is 342 g/mol. The number of amides is 1. The van der Waals surface area contributed by atoms with Crippen LogP contribution in [-0.4, -0.2) is 30.6 Å². The number of ether oxygens (including phenoxy) is 1. The molecule has 1 saturated heterocycles. The zero-order valence-electron chi connectivity index (χ0n) is 12.9. The van der Waals surface area contributed by atoms with Gasteiger partial charge in [0, 0.05) is 27.0 Å². The molecule has 122 valence electrons. The van der Waals surface area contributed by atoms with Crippen LogP contribution < -0.4 is 0 Å². The molecule has 1 unspecified atom stereocenters. The Morgan fingerprint density at radius 1 is 1.21 bits per heavy atom. The van der Waals surface area contributed by atoms with Crippen LogP contribution >= 0.6 is 22.9 Å². The number of fused-ring (bicyclic) bond motifs is 1. The Labute approximate surface area is 149 Å². The molecule has 1 atom stereocenters. The van der Waals surface area contributed by atoms with E-state index >= 15 is 0 Å². The third-order valence-electron chi connectivity index (χ3n) is 4.33. The van der Waals surface area contributed by atoms with Gasteiger partial charge in [-0.3, -0.25) is 4.79 Å². The average Bonchev–Trinajstić information content (AvgIpc) is 3.05. The minimum absolute atomic E-state index is 0.0562. The van der Waals surface area contributed by atoms with Gasteiger partial charge in [0.05, 0.1) is 24.8 Å². The number of rotatable bonds is 2. The summed E-state index contributed by atoms with van der Waals surface area (Å²) >= 11 is 7.73. The first-order chi connectivity index (χ1) is 11.7. The van der Waals surface area contributed by atoms with Crippen molar-refractivity contribution in [2.45, 2.75) is 6.04 Å². The van der Waals surface area contributed by atoms with Crippen molar-refractivity contribution in [2.75, 3.05) is 19.8 Å². The lowest BCUT2D eigenvalue weighted by Crippen LogP contribution is -2.43. The Balaban J connectivity index is 1.71. The van der Waals surface area contributed by atoms with Crippen molar-refractivity contribution in [1.29, 1.82) is 0 Å². The molecule has 0 N–H and O–H groups in total. The van der Waals surface area contributed by atoms with E-state index in [0.29, 0.717) is 24.8 Å². The second-order valence-corrected chi connectivity index (χ2v) is 7.14. The van der Waals surface area contributed by atoms with Crippen molar-refractivity contribution < 1.29 is 9.53 Å². The maximum absolute atomic E-state index is 13.2. The Bertz CT molecular complexity index is 892. The normalized spacial score (nSPS) is 18.0. The quantitative estimate of drug-likeness (QED) is 0.661. The molecular formula is C19H16ClNO2S. The monoisotopic (exact) mass is 357 g/mol. The molecule has 0 saturated carbocycles. The molecule has 0 bridgehead atoms. The molecule has 1 aliphatic rings. The fraction of sp³-hybridized carbons (Fsp3) is 0.211. The zero-order chi connectivity index (χ0) is 16.5. The number of hydrogen-bond acceptors (Lipinski definition) is 3. The molecule has 2 heterocycles. The van der Waals surface area contributed by atoms with Gasteiger partial charge in [0.2, 0.25) is 0 Å². The predicted molar refractivity (Wildman–Crippen MR) is 97.9 cm³/mol. The number of carbonyl (C=O) groups excluding carboxylic acids is 1. The summed E-state index contributed by atoms with van der Waals surface area (Å²) in [6, 6.07) is 15.6. The van der Waals surface area contributed by atoms with Gasteiger partial charge in [0.1, 0.15) is 0 Å². The van der Waals surface area contributed by atoms with Gasteiger partial charge in [-0.15, -0.1) is 11.3 Å². The highest BCUT2D eigenvalue weighted by Gasteiger charge is 2.30. The van der Waals surface area contributed by atoms with Crippen molar-refractivity contribution >= 4 is 38.9 Å². The van der Waals surface area contributed by atoms with Gasteiger partial charge in [-0.25, -0.2) is 0 Å². The second-order valence-electron chi connectivity index (χ2n) is 5.79. The van der Waals surface area contributed by atoms with E-state index < -0.39 is 0 Å². The molecule has 2 aromatic carbocycles. The van der Waals surface area contributed by atoms with E-state index in [-0.39, 0.29) is 11.9 Å². The smallest absolute Gasteiger partial charge is 0.256 e. The summed E-state index contributed by atoms with van der Waals surface area (Å²) in [5, 5.41) is 3.65. The van der Waals surface area contributed by atoms with E-state index in [4.69, 9.17) is 16.3 Å². The fourth-order valence-electron chi connectivity index (χ4n) is 3.13. The van der Waals surface area contributed by atoms with Gasteiger partial charge < -0.3 is 9.64 Å². The van der Waals surface area contributed by atoms with Crippen LogP contribution in [0.3, 0.4) is 0 Å². The van der Waals surface area contributed by atoms with Gasteiger partial charge in [-0.2, -0.15) is 0 Å². The van der Waals surface area contributed by atoms with Gasteiger partial charge in [0.25, 0.3) is 5.91 Å². The molecule has 4 rings (SSSR count). The lowest BCUT2D eigenvalue weighted by atomic mass is 10.0. The van der Waals surface area contributed by atoms with Gasteiger partial charge in [-0.1, -0.05) is 41.9 Å². The largest absolute Gasteiger partial charge is 0.377 e. The maximum Gasteiger partial charge on any atom is 0.256 e. The molecule has 1 aromatic heterocycles. The highest BCUT2D eigenvalue weighted by Crippen LogP contribution is 2.31. The van der Waals surface area contributed by atoms with Crippen LogP contribution in [0, 0.1) is 0 Å². The number of hydrogen-bond donors (Lipinski definition) is 0. The van der Waals surface area contributed by atoms with Crippen LogP contribution in [0.1, 0.15) is 22.0 Å². The third kappa shape index (κ3) is 2.81. The van der Waals surface area contributed by atoms with Crippen molar-refractivity contribution in [3.05, 3.63) is 70.1 Å². The number of nitrogens with zero attached hydrogens (tertiary/aromatic N) is 1. The molecule has 5 heteroatoms. The molecule has 1 amide bonds. The van der Waals surface area contributed by atoms with Gasteiger partial charge in [0.15, 0.2) is 0 Å². The predicted octanol–water partition coefficient (Wildman–Crippen LogP) is 4.77. The van der Waals surface area contributed by atoms with Crippen LogP contribution in [0.25, 0.3) is 10.1 Å². The van der Waals surface area contributed by atoms with Crippen molar-refractivity contribution in [3.63, 3.8) is 0 Å². The van der Waals surface area contributed by atoms with Crippen LogP contribution in [0.5, 0.6) is 0 Å². The Morgan fingerprint density at radius 3 is 2.96 bits per heavy atom. The number of morpholine rings is 1. The SMILES string of the molecule is O=C(c1csc2ccccc12)N1CCOCC1c1cccc(Cl)c1. The van der Waals surface area contributed by atoms with E-state index in [1.807, 2.05) is 58.8 Å². The number of thiophene rings is 1. The molecule has 0 spiro atoms. The fourth-order valence-corrected chi connectivity index (χ4v) is 4.27. The third-order valence-corrected chi connectivity index (χ3v) is 5.53. The Morgan fingerprint density at radius 2 is 2.08 bits per heavy atom. The van der Waals surface area contributed by atoms with Gasteiger partial charge in [-0.05, 0) is 23.8 Å². The van der Waals surface area contributed by atoms with Crippen LogP contribution in [-0.2, 0) is 4.74 Å². The lowest BCUT2D eigenvalue weighted by molar-refractivity contribution is -0.00256. The maximum atomic E-state index is 13.2. The first kappa shape index (κ1) is 15.6. The molecule has 0 radical (unpaired) electrons. The number of benzene rings is 2. The molecule has 1 fully saturated rings. The van der Waals surface area contributed by atoms with Crippen molar-refractivity contribution in [1.82, 2.24) is 4.90 Å². The first-order valence-corrected chi connectivity index (χ1v) is 9.10. The lowest BCUT2D eigenvalue weighted by Gasteiger charge is -2.36. The summed E-state index contributed by atoms with van der Waals surface area (Å²) in [5.74, 6) is 0.0562. The summed E-state index contributed by atoms with van der Waals surface area (Å²) in [6.45, 7) is 1.64. The molecule has 1 aliphatic heterocycles. The summed E-state index contributed by atoms with van der Waals surface area (Å²) in [4.78, 5) is 15.1. The minimum atomic E-state index is -0.108. The van der Waals surface area contributed by atoms with Crippen LogP contribution in [0.2, 0.25) is 5.02 Å².